The third kappa shape index (κ3) is 5.53. The molecule has 0 unspecified atom stereocenters. The molecule has 0 atom stereocenters. The van der Waals surface area contributed by atoms with Crippen LogP contribution in [0.4, 0.5) is 0 Å². The van der Waals surface area contributed by atoms with E-state index in [4.69, 9.17) is 9.84 Å². The van der Waals surface area contributed by atoms with Crippen molar-refractivity contribution in [3.63, 3.8) is 0 Å². The number of carbonyl (C=O) groups excluding carboxylic acids is 2. The highest BCUT2D eigenvalue weighted by Gasteiger charge is 2.04. The molecule has 0 fully saturated rings. The summed E-state index contributed by atoms with van der Waals surface area (Å²) in [6, 6.07) is 6.53. The van der Waals surface area contributed by atoms with Gasteiger partial charge in [-0.1, -0.05) is 6.08 Å². The number of hydrogen-bond acceptors (Lipinski definition) is 5. The van der Waals surface area contributed by atoms with Crippen LogP contribution in [0.5, 0.6) is 5.75 Å². The quantitative estimate of drug-likeness (QED) is 0.561. The highest BCUT2D eigenvalue weighted by molar-refractivity contribution is 5.94. The molecule has 108 valence electrons. The molecule has 0 radical (unpaired) electrons. The number of methoxy groups -OCH3 is 1. The van der Waals surface area contributed by atoms with E-state index in [2.05, 4.69) is 10.1 Å². The summed E-state index contributed by atoms with van der Waals surface area (Å²) >= 11 is 0. The van der Waals surface area contributed by atoms with Gasteiger partial charge in [0.05, 0.1) is 13.7 Å². The summed E-state index contributed by atoms with van der Waals surface area (Å²) < 4.78 is 9.60. The Labute approximate surface area is 117 Å². The standard InChI is InChI=1S/C14H17NO5/c1-19-13(17)3-2-8-15-14(18)11-4-6-12(7-5-11)20-10-9-16/h2-7,16H,8-10H2,1H3,(H,15,18)/b3-2+. The molecule has 0 aliphatic rings. The lowest BCUT2D eigenvalue weighted by Crippen LogP contribution is -2.23. The molecule has 1 rings (SSSR count). The molecule has 0 saturated heterocycles. The van der Waals surface area contributed by atoms with Crippen LogP contribution >= 0.6 is 0 Å². The number of aliphatic hydroxyl groups excluding tert-OH is 1. The fraction of sp³-hybridized carbons (Fsp3) is 0.286. The maximum atomic E-state index is 11.7. The smallest absolute Gasteiger partial charge is 0.330 e. The van der Waals surface area contributed by atoms with Crippen molar-refractivity contribution < 1.29 is 24.2 Å². The average Bonchev–Trinajstić information content (AvgIpc) is 2.49. The largest absolute Gasteiger partial charge is 0.491 e. The van der Waals surface area contributed by atoms with Crippen molar-refractivity contribution in [2.75, 3.05) is 26.9 Å². The average molecular weight is 279 g/mol. The summed E-state index contributed by atoms with van der Waals surface area (Å²) in [6.45, 7) is 0.384. The lowest BCUT2D eigenvalue weighted by atomic mass is 10.2. The van der Waals surface area contributed by atoms with Gasteiger partial charge in [-0.2, -0.15) is 0 Å². The molecule has 0 spiro atoms. The predicted molar refractivity (Wildman–Crippen MR) is 72.5 cm³/mol. The minimum Gasteiger partial charge on any atom is -0.491 e. The molecule has 6 heteroatoms. The van der Waals surface area contributed by atoms with Crippen LogP contribution in [0.1, 0.15) is 10.4 Å². The van der Waals surface area contributed by atoms with Gasteiger partial charge in [-0.15, -0.1) is 0 Å². The molecule has 2 N–H and O–H groups in total. The van der Waals surface area contributed by atoms with Gasteiger partial charge in [-0.05, 0) is 24.3 Å². The molecule has 0 aromatic heterocycles. The van der Waals surface area contributed by atoms with Crippen molar-refractivity contribution in [2.24, 2.45) is 0 Å². The van der Waals surface area contributed by atoms with E-state index in [-0.39, 0.29) is 25.7 Å². The molecular weight excluding hydrogens is 262 g/mol. The van der Waals surface area contributed by atoms with E-state index in [0.717, 1.165) is 0 Å². The zero-order valence-corrected chi connectivity index (χ0v) is 11.2. The Morgan fingerprint density at radius 1 is 1.30 bits per heavy atom. The number of hydrogen-bond donors (Lipinski definition) is 2. The van der Waals surface area contributed by atoms with Crippen LogP contribution < -0.4 is 10.1 Å². The number of amides is 1. The van der Waals surface area contributed by atoms with E-state index in [1.807, 2.05) is 0 Å². The topological polar surface area (TPSA) is 84.9 Å². The minimum atomic E-state index is -0.468. The molecule has 0 bridgehead atoms. The van der Waals surface area contributed by atoms with Crippen molar-refractivity contribution in [2.45, 2.75) is 0 Å². The third-order valence-corrected chi connectivity index (χ3v) is 2.31. The van der Waals surface area contributed by atoms with Crippen molar-refractivity contribution in [3.8, 4) is 5.75 Å². The van der Waals surface area contributed by atoms with Gasteiger partial charge in [0.15, 0.2) is 0 Å². The second kappa shape index (κ2) is 8.71. The van der Waals surface area contributed by atoms with E-state index in [1.54, 1.807) is 24.3 Å². The highest BCUT2D eigenvalue weighted by atomic mass is 16.5. The summed E-state index contributed by atoms with van der Waals surface area (Å²) in [5.41, 5.74) is 0.479. The Bertz CT molecular complexity index is 467. The monoisotopic (exact) mass is 279 g/mol. The zero-order valence-electron chi connectivity index (χ0n) is 11.2. The molecule has 0 heterocycles. The molecule has 1 amide bonds. The first-order valence-electron chi connectivity index (χ1n) is 6.03. The van der Waals surface area contributed by atoms with E-state index >= 15 is 0 Å². The Balaban J connectivity index is 2.43. The van der Waals surface area contributed by atoms with Gasteiger partial charge in [-0.3, -0.25) is 4.79 Å². The molecular formula is C14H17NO5. The Morgan fingerprint density at radius 3 is 2.60 bits per heavy atom. The van der Waals surface area contributed by atoms with Crippen molar-refractivity contribution in [1.29, 1.82) is 0 Å². The number of benzene rings is 1. The summed E-state index contributed by atoms with van der Waals surface area (Å²) in [5, 5.41) is 11.2. The number of carbonyl (C=O) groups is 2. The van der Waals surface area contributed by atoms with Crippen LogP contribution in [0.2, 0.25) is 0 Å². The number of nitrogens with one attached hydrogen (secondary N) is 1. The summed E-state index contributed by atoms with van der Waals surface area (Å²) in [4.78, 5) is 22.5. The van der Waals surface area contributed by atoms with Gasteiger partial charge in [0.25, 0.3) is 5.91 Å². The van der Waals surface area contributed by atoms with Gasteiger partial charge in [0.1, 0.15) is 12.4 Å². The SMILES string of the molecule is COC(=O)/C=C/CNC(=O)c1ccc(OCCO)cc1. The molecule has 20 heavy (non-hydrogen) atoms. The van der Waals surface area contributed by atoms with Gasteiger partial charge >= 0.3 is 5.97 Å². The van der Waals surface area contributed by atoms with Crippen LogP contribution in [0.3, 0.4) is 0 Å². The fourth-order valence-electron chi connectivity index (χ4n) is 1.34. The van der Waals surface area contributed by atoms with E-state index in [0.29, 0.717) is 11.3 Å². The first kappa shape index (κ1) is 15.7. The lowest BCUT2D eigenvalue weighted by Gasteiger charge is -2.05. The highest BCUT2D eigenvalue weighted by Crippen LogP contribution is 2.11. The maximum absolute atomic E-state index is 11.7. The number of esters is 1. The summed E-state index contributed by atoms with van der Waals surface area (Å²) in [7, 11) is 1.28. The van der Waals surface area contributed by atoms with E-state index < -0.39 is 5.97 Å². The summed E-state index contributed by atoms with van der Waals surface area (Å²) in [5.74, 6) is -0.140. The van der Waals surface area contributed by atoms with Gasteiger partial charge in [0, 0.05) is 18.2 Å². The third-order valence-electron chi connectivity index (χ3n) is 2.31. The zero-order chi connectivity index (χ0) is 14.8. The van der Waals surface area contributed by atoms with Crippen LogP contribution in [0.25, 0.3) is 0 Å². The van der Waals surface area contributed by atoms with E-state index in [9.17, 15) is 9.59 Å². The number of rotatable bonds is 7. The van der Waals surface area contributed by atoms with Crippen molar-refractivity contribution >= 4 is 11.9 Å². The summed E-state index contributed by atoms with van der Waals surface area (Å²) in [6.07, 6.45) is 2.74. The van der Waals surface area contributed by atoms with Gasteiger partial charge in [0.2, 0.25) is 0 Å². The molecule has 6 nitrogen and oxygen atoms in total. The fourth-order valence-corrected chi connectivity index (χ4v) is 1.34. The van der Waals surface area contributed by atoms with Crippen molar-refractivity contribution in [1.82, 2.24) is 5.32 Å². The van der Waals surface area contributed by atoms with Crippen molar-refractivity contribution in [3.05, 3.63) is 42.0 Å². The molecule has 1 aromatic carbocycles. The minimum absolute atomic E-state index is 0.0607. The maximum Gasteiger partial charge on any atom is 0.330 e. The Hall–Kier alpha value is -2.34. The first-order chi connectivity index (χ1) is 9.67. The Kier molecular flexibility index (Phi) is 6.84. The predicted octanol–water partition coefficient (Wildman–Crippen LogP) is 0.517. The second-order valence-corrected chi connectivity index (χ2v) is 3.73. The lowest BCUT2D eigenvalue weighted by molar-refractivity contribution is -0.134. The normalized spacial score (nSPS) is 10.3. The molecule has 0 aliphatic heterocycles. The van der Waals surface area contributed by atoms with Gasteiger partial charge in [-0.25, -0.2) is 4.79 Å². The van der Waals surface area contributed by atoms with Crippen LogP contribution in [-0.2, 0) is 9.53 Å². The second-order valence-electron chi connectivity index (χ2n) is 3.73. The molecule has 0 aliphatic carbocycles. The number of aliphatic hydroxyl groups is 1. The molecule has 0 saturated carbocycles. The number of ether oxygens (including phenoxy) is 2. The van der Waals surface area contributed by atoms with Crippen LogP contribution in [0, 0.1) is 0 Å². The van der Waals surface area contributed by atoms with Crippen LogP contribution in [0.15, 0.2) is 36.4 Å². The van der Waals surface area contributed by atoms with Crippen LogP contribution in [-0.4, -0.2) is 43.9 Å². The Morgan fingerprint density at radius 2 is 2.00 bits per heavy atom. The first-order valence-corrected chi connectivity index (χ1v) is 6.03. The molecule has 1 aromatic rings. The van der Waals surface area contributed by atoms with E-state index in [1.165, 1.54) is 19.3 Å². The van der Waals surface area contributed by atoms with Gasteiger partial charge < -0.3 is 19.9 Å².